The number of ether oxygens (including phenoxy) is 1. The van der Waals surface area contributed by atoms with Gasteiger partial charge in [-0.25, -0.2) is 0 Å². The summed E-state index contributed by atoms with van der Waals surface area (Å²) in [5.41, 5.74) is 1.79. The van der Waals surface area contributed by atoms with Crippen molar-refractivity contribution in [3.8, 4) is 11.5 Å². The third-order valence-electron chi connectivity index (χ3n) is 6.84. The zero-order valence-electron chi connectivity index (χ0n) is 17.2. The fourth-order valence-electron chi connectivity index (χ4n) is 5.35. The Bertz CT molecular complexity index is 850. The second kappa shape index (κ2) is 8.60. The molecule has 0 bridgehead atoms. The number of methoxy groups -OCH3 is 1. The zero-order chi connectivity index (χ0) is 20.3. The number of piperidine rings is 1. The van der Waals surface area contributed by atoms with E-state index in [1.54, 1.807) is 13.2 Å². The molecule has 1 heterocycles. The van der Waals surface area contributed by atoms with Crippen LogP contribution in [-0.2, 0) is 0 Å². The summed E-state index contributed by atoms with van der Waals surface area (Å²) in [6.45, 7) is 1.86. The number of benzene rings is 2. The largest absolute Gasteiger partial charge is 0.504 e. The summed E-state index contributed by atoms with van der Waals surface area (Å²) in [6.07, 6.45) is 9.53. The van der Waals surface area contributed by atoms with Crippen LogP contribution in [0.4, 0.5) is 0 Å². The van der Waals surface area contributed by atoms with Crippen LogP contribution in [0, 0.1) is 5.92 Å². The monoisotopic (exact) mass is 394 g/mol. The van der Waals surface area contributed by atoms with E-state index in [4.69, 9.17) is 4.74 Å². The molecular formula is C25H32NO3+. The van der Waals surface area contributed by atoms with Crippen molar-refractivity contribution < 1.29 is 19.8 Å². The van der Waals surface area contributed by atoms with Gasteiger partial charge >= 0.3 is 0 Å². The molecule has 4 rings (SSSR count). The third kappa shape index (κ3) is 4.19. The van der Waals surface area contributed by atoms with Gasteiger partial charge in [0.25, 0.3) is 0 Å². The van der Waals surface area contributed by atoms with Gasteiger partial charge in [-0.15, -0.1) is 0 Å². The average Bonchev–Trinajstić information content (AvgIpc) is 2.75. The number of hydrogen-bond acceptors (Lipinski definition) is 3. The van der Waals surface area contributed by atoms with Gasteiger partial charge in [-0.2, -0.15) is 0 Å². The summed E-state index contributed by atoms with van der Waals surface area (Å²) in [5.74, 6) is 0.905. The van der Waals surface area contributed by atoms with Gasteiger partial charge in [-0.05, 0) is 42.7 Å². The molecular weight excluding hydrogens is 362 g/mol. The van der Waals surface area contributed by atoms with Crippen LogP contribution in [0.25, 0.3) is 6.08 Å². The van der Waals surface area contributed by atoms with Crippen molar-refractivity contribution in [3.05, 3.63) is 65.7 Å². The van der Waals surface area contributed by atoms with Gasteiger partial charge in [-0.1, -0.05) is 49.2 Å². The van der Waals surface area contributed by atoms with Gasteiger partial charge in [0.15, 0.2) is 11.5 Å². The minimum atomic E-state index is -0.569. The number of likely N-dealkylation sites (tertiary alicyclic amines) is 1. The quantitative estimate of drug-likeness (QED) is 0.729. The molecule has 2 aromatic rings. The minimum absolute atomic E-state index is 0.163. The Morgan fingerprint density at radius 1 is 1.14 bits per heavy atom. The predicted molar refractivity (Wildman–Crippen MR) is 115 cm³/mol. The van der Waals surface area contributed by atoms with Gasteiger partial charge in [-0.3, -0.25) is 0 Å². The molecule has 1 aliphatic carbocycles. The normalized spacial score (nSPS) is 29.5. The molecule has 4 nitrogen and oxygen atoms in total. The van der Waals surface area contributed by atoms with Crippen molar-refractivity contribution in [2.75, 3.05) is 20.2 Å². The maximum absolute atomic E-state index is 11.4. The molecule has 4 atom stereocenters. The second-order valence-corrected chi connectivity index (χ2v) is 8.54. The Hall–Kier alpha value is -2.30. The van der Waals surface area contributed by atoms with Crippen LogP contribution < -0.4 is 9.64 Å². The number of hydrogen-bond donors (Lipinski definition) is 3. The summed E-state index contributed by atoms with van der Waals surface area (Å²) in [6, 6.07) is 16.3. The van der Waals surface area contributed by atoms with Gasteiger partial charge in [0.2, 0.25) is 0 Å². The lowest BCUT2D eigenvalue weighted by Crippen LogP contribution is -3.14. The number of nitrogens with one attached hydrogen (secondary N) is 1. The van der Waals surface area contributed by atoms with E-state index in [0.29, 0.717) is 5.75 Å². The first-order chi connectivity index (χ1) is 14.1. The van der Waals surface area contributed by atoms with E-state index in [9.17, 15) is 10.2 Å². The van der Waals surface area contributed by atoms with E-state index in [2.05, 4.69) is 36.4 Å². The third-order valence-corrected chi connectivity index (χ3v) is 6.84. The molecule has 1 unspecified atom stereocenters. The molecule has 0 amide bonds. The number of phenolic OH excluding ortho intramolecular Hbond substituents is 1. The first-order valence-corrected chi connectivity index (χ1v) is 10.8. The first kappa shape index (κ1) is 20.0. The topological polar surface area (TPSA) is 54.1 Å². The highest BCUT2D eigenvalue weighted by Gasteiger charge is 2.51. The Kier molecular flexibility index (Phi) is 5.93. The molecule has 154 valence electrons. The Balaban J connectivity index is 1.63. The highest BCUT2D eigenvalue weighted by atomic mass is 16.5. The second-order valence-electron chi connectivity index (χ2n) is 8.54. The standard InChI is InChI=1S/C25H31NO3/c1-29-23-18-20(12-13-22(23)27)24-21-11-5-6-14-25(21,28)15-17-26(24)16-7-10-19-8-3-2-4-9-19/h2-4,7-10,12-13,18,21,24,27-28H,5-6,11,14-17H2,1H3/p+1/b10-7+/t21-,24+,25+/m0/s1. The molecule has 4 heteroatoms. The van der Waals surface area contributed by atoms with Crippen LogP contribution >= 0.6 is 0 Å². The molecule has 3 N–H and O–H groups in total. The summed E-state index contributed by atoms with van der Waals surface area (Å²) < 4.78 is 5.38. The van der Waals surface area contributed by atoms with Crippen LogP contribution in [-0.4, -0.2) is 36.0 Å². The van der Waals surface area contributed by atoms with E-state index < -0.39 is 5.60 Å². The van der Waals surface area contributed by atoms with E-state index in [-0.39, 0.29) is 17.7 Å². The van der Waals surface area contributed by atoms with E-state index in [1.807, 2.05) is 18.2 Å². The van der Waals surface area contributed by atoms with E-state index >= 15 is 0 Å². The fraction of sp³-hybridized carbons (Fsp3) is 0.440. The molecule has 0 radical (unpaired) electrons. The lowest BCUT2D eigenvalue weighted by Gasteiger charge is -2.50. The molecule has 1 saturated heterocycles. The molecule has 0 spiro atoms. The lowest BCUT2D eigenvalue weighted by atomic mass is 9.66. The number of rotatable bonds is 5. The lowest BCUT2D eigenvalue weighted by molar-refractivity contribution is -0.939. The minimum Gasteiger partial charge on any atom is -0.504 e. The molecule has 2 fully saturated rings. The molecule has 0 aromatic heterocycles. The SMILES string of the molecule is COc1cc([C@@H]2[C@@H]3CCCC[C@@]3(O)CC[NH+]2C/C=C/c2ccccc2)ccc1O. The van der Waals surface area contributed by atoms with Crippen molar-refractivity contribution in [3.63, 3.8) is 0 Å². The average molecular weight is 395 g/mol. The van der Waals surface area contributed by atoms with E-state index in [0.717, 1.165) is 44.3 Å². The van der Waals surface area contributed by atoms with Crippen LogP contribution in [0.5, 0.6) is 11.5 Å². The van der Waals surface area contributed by atoms with Crippen LogP contribution in [0.3, 0.4) is 0 Å². The molecule has 2 aliphatic rings. The number of fused-ring (bicyclic) bond motifs is 1. The fourth-order valence-corrected chi connectivity index (χ4v) is 5.35. The molecule has 2 aromatic carbocycles. The Morgan fingerprint density at radius 2 is 1.97 bits per heavy atom. The summed E-state index contributed by atoms with van der Waals surface area (Å²) in [5, 5.41) is 21.5. The highest BCUT2D eigenvalue weighted by Crippen LogP contribution is 2.45. The number of quaternary nitrogens is 1. The smallest absolute Gasteiger partial charge is 0.160 e. The Morgan fingerprint density at radius 3 is 2.76 bits per heavy atom. The van der Waals surface area contributed by atoms with Crippen molar-refractivity contribution in [2.24, 2.45) is 5.92 Å². The predicted octanol–water partition coefficient (Wildman–Crippen LogP) is 3.37. The zero-order valence-corrected chi connectivity index (χ0v) is 17.2. The summed E-state index contributed by atoms with van der Waals surface area (Å²) in [4.78, 5) is 1.47. The van der Waals surface area contributed by atoms with Crippen LogP contribution in [0.15, 0.2) is 54.6 Å². The summed E-state index contributed by atoms with van der Waals surface area (Å²) >= 11 is 0. The van der Waals surface area contributed by atoms with Gasteiger partial charge < -0.3 is 19.8 Å². The number of aromatic hydroxyl groups is 1. The van der Waals surface area contributed by atoms with Crippen LogP contribution in [0.1, 0.15) is 49.3 Å². The van der Waals surface area contributed by atoms with Gasteiger partial charge in [0.05, 0.1) is 25.8 Å². The maximum Gasteiger partial charge on any atom is 0.160 e. The van der Waals surface area contributed by atoms with Crippen molar-refractivity contribution in [2.45, 2.75) is 43.7 Å². The highest BCUT2D eigenvalue weighted by molar-refractivity contribution is 5.48. The number of aliphatic hydroxyl groups is 1. The molecule has 1 saturated carbocycles. The van der Waals surface area contributed by atoms with Gasteiger partial charge in [0, 0.05) is 17.9 Å². The van der Waals surface area contributed by atoms with Crippen molar-refractivity contribution in [1.29, 1.82) is 0 Å². The first-order valence-electron chi connectivity index (χ1n) is 10.8. The Labute approximate surface area is 173 Å². The van der Waals surface area contributed by atoms with Crippen molar-refractivity contribution >= 4 is 6.08 Å². The maximum atomic E-state index is 11.4. The number of phenols is 1. The van der Waals surface area contributed by atoms with Crippen LogP contribution in [0.2, 0.25) is 0 Å². The van der Waals surface area contributed by atoms with Gasteiger partial charge in [0.1, 0.15) is 6.04 Å². The van der Waals surface area contributed by atoms with E-state index in [1.165, 1.54) is 16.9 Å². The van der Waals surface area contributed by atoms with Crippen molar-refractivity contribution in [1.82, 2.24) is 0 Å². The molecule has 29 heavy (non-hydrogen) atoms. The molecule has 1 aliphatic heterocycles. The summed E-state index contributed by atoms with van der Waals surface area (Å²) in [7, 11) is 1.59.